The number of aliphatic hydroxyl groups excluding tert-OH is 1. The Kier molecular flexibility index (Phi) is 5.72. The highest BCUT2D eigenvalue weighted by molar-refractivity contribution is 7.89. The molecule has 0 amide bonds. The van der Waals surface area contributed by atoms with Crippen LogP contribution < -0.4 is 5.32 Å². The molecule has 0 bridgehead atoms. The first-order valence-corrected chi connectivity index (χ1v) is 8.59. The van der Waals surface area contributed by atoms with Gasteiger partial charge in [0.2, 0.25) is 10.0 Å². The van der Waals surface area contributed by atoms with Crippen molar-refractivity contribution in [2.45, 2.75) is 11.4 Å². The molecule has 0 unspecified atom stereocenters. The van der Waals surface area contributed by atoms with E-state index in [1.165, 1.54) is 4.31 Å². The van der Waals surface area contributed by atoms with Gasteiger partial charge < -0.3 is 10.4 Å². The second kappa shape index (κ2) is 7.33. The summed E-state index contributed by atoms with van der Waals surface area (Å²) in [4.78, 5) is 2.42. The van der Waals surface area contributed by atoms with Crippen LogP contribution in [0.15, 0.2) is 29.2 Å². The molecule has 1 heterocycles. The minimum absolute atomic E-state index is 0.111. The summed E-state index contributed by atoms with van der Waals surface area (Å²) < 4.78 is 26.6. The third-order valence-electron chi connectivity index (χ3n) is 3.69. The van der Waals surface area contributed by atoms with Gasteiger partial charge in [0.1, 0.15) is 0 Å². The van der Waals surface area contributed by atoms with Gasteiger partial charge in [-0.25, -0.2) is 8.42 Å². The van der Waals surface area contributed by atoms with E-state index in [-0.39, 0.29) is 6.61 Å². The van der Waals surface area contributed by atoms with E-state index in [0.717, 1.165) is 12.1 Å². The molecule has 1 aromatic rings. The number of rotatable bonds is 6. The third kappa shape index (κ3) is 4.02. The molecule has 118 valence electrons. The molecule has 1 fully saturated rings. The van der Waals surface area contributed by atoms with Crippen molar-refractivity contribution in [3.8, 4) is 0 Å². The highest BCUT2D eigenvalue weighted by Gasteiger charge is 2.28. The number of piperazine rings is 1. The lowest BCUT2D eigenvalue weighted by Crippen LogP contribution is -2.49. The molecule has 1 saturated heterocycles. The molecule has 0 aliphatic carbocycles. The molecule has 2 N–H and O–H groups in total. The smallest absolute Gasteiger partial charge is 0.243 e. The van der Waals surface area contributed by atoms with Crippen molar-refractivity contribution in [3.63, 3.8) is 0 Å². The van der Waals surface area contributed by atoms with Crippen molar-refractivity contribution in [2.75, 3.05) is 46.4 Å². The number of sulfonamides is 1. The largest absolute Gasteiger partial charge is 0.395 e. The predicted molar refractivity (Wildman–Crippen MR) is 81.5 cm³/mol. The molecule has 0 radical (unpaired) electrons. The number of nitrogens with one attached hydrogen (secondary N) is 1. The SMILES string of the molecule is CNCc1ccc(S(=O)(=O)N2CCN(CCO)CC2)cc1. The predicted octanol–water partition coefficient (Wildman–Crippen LogP) is -0.295. The van der Waals surface area contributed by atoms with Crippen LogP contribution in [0.4, 0.5) is 0 Å². The molecule has 1 aliphatic heterocycles. The molecule has 7 heteroatoms. The van der Waals surface area contributed by atoms with Crippen LogP contribution in [0.3, 0.4) is 0 Å². The second-order valence-corrected chi connectivity index (χ2v) is 7.08. The summed E-state index contributed by atoms with van der Waals surface area (Å²) in [6, 6.07) is 7.01. The normalized spacial score (nSPS) is 18.0. The Balaban J connectivity index is 2.04. The van der Waals surface area contributed by atoms with E-state index in [2.05, 4.69) is 10.2 Å². The number of hydrogen-bond donors (Lipinski definition) is 2. The fraction of sp³-hybridized carbons (Fsp3) is 0.571. The third-order valence-corrected chi connectivity index (χ3v) is 5.60. The minimum Gasteiger partial charge on any atom is -0.395 e. The number of hydrogen-bond acceptors (Lipinski definition) is 5. The van der Waals surface area contributed by atoms with Crippen molar-refractivity contribution >= 4 is 10.0 Å². The second-order valence-electron chi connectivity index (χ2n) is 5.14. The highest BCUT2D eigenvalue weighted by Crippen LogP contribution is 2.18. The molecule has 2 rings (SSSR count). The highest BCUT2D eigenvalue weighted by atomic mass is 32.2. The summed E-state index contributed by atoms with van der Waals surface area (Å²) >= 11 is 0. The lowest BCUT2D eigenvalue weighted by molar-refractivity contribution is 0.151. The fourth-order valence-electron chi connectivity index (χ4n) is 2.47. The summed E-state index contributed by atoms with van der Waals surface area (Å²) in [5, 5.41) is 11.9. The van der Waals surface area contributed by atoms with Gasteiger partial charge in [-0.05, 0) is 24.7 Å². The molecule has 21 heavy (non-hydrogen) atoms. The van der Waals surface area contributed by atoms with Crippen LogP contribution in [0.1, 0.15) is 5.56 Å². The van der Waals surface area contributed by atoms with Gasteiger partial charge in [-0.2, -0.15) is 4.31 Å². The lowest BCUT2D eigenvalue weighted by atomic mass is 10.2. The zero-order chi connectivity index (χ0) is 15.3. The van der Waals surface area contributed by atoms with Crippen LogP contribution >= 0.6 is 0 Å². The van der Waals surface area contributed by atoms with Crippen molar-refractivity contribution in [1.29, 1.82) is 0 Å². The summed E-state index contributed by atoms with van der Waals surface area (Å²) in [6.07, 6.45) is 0. The Bertz CT molecular complexity index is 537. The van der Waals surface area contributed by atoms with Gasteiger partial charge in [-0.3, -0.25) is 4.90 Å². The van der Waals surface area contributed by atoms with Gasteiger partial charge in [0.15, 0.2) is 0 Å². The Labute approximate surface area is 126 Å². The van der Waals surface area contributed by atoms with E-state index in [9.17, 15) is 8.42 Å². The standard InChI is InChI=1S/C14H23N3O3S/c1-15-12-13-2-4-14(5-3-13)21(19,20)17-8-6-16(7-9-17)10-11-18/h2-5,15,18H,6-12H2,1H3. The number of nitrogens with zero attached hydrogens (tertiary/aromatic N) is 2. The molecular weight excluding hydrogens is 290 g/mol. The zero-order valence-corrected chi connectivity index (χ0v) is 13.1. The van der Waals surface area contributed by atoms with Crippen LogP contribution in [0.2, 0.25) is 0 Å². The number of benzene rings is 1. The maximum atomic E-state index is 12.6. The van der Waals surface area contributed by atoms with Gasteiger partial charge >= 0.3 is 0 Å². The van der Waals surface area contributed by atoms with Crippen LogP contribution in [0.5, 0.6) is 0 Å². The first-order valence-electron chi connectivity index (χ1n) is 7.15. The minimum atomic E-state index is -3.41. The van der Waals surface area contributed by atoms with E-state index in [4.69, 9.17) is 5.11 Å². The number of aliphatic hydroxyl groups is 1. The van der Waals surface area contributed by atoms with Crippen molar-refractivity contribution in [1.82, 2.24) is 14.5 Å². The van der Waals surface area contributed by atoms with E-state index >= 15 is 0 Å². The molecule has 0 spiro atoms. The summed E-state index contributed by atoms with van der Waals surface area (Å²) in [7, 11) is -1.55. The van der Waals surface area contributed by atoms with Gasteiger partial charge in [0.05, 0.1) is 11.5 Å². The van der Waals surface area contributed by atoms with Gasteiger partial charge in [0, 0.05) is 39.3 Å². The molecule has 0 saturated carbocycles. The number of β-amino-alcohol motifs (C(OH)–C–C–N with tert-alkyl or cyclic N) is 1. The van der Waals surface area contributed by atoms with E-state index in [0.29, 0.717) is 37.6 Å². The molecule has 0 aromatic heterocycles. The van der Waals surface area contributed by atoms with Gasteiger partial charge in [-0.1, -0.05) is 12.1 Å². The quantitative estimate of drug-likeness (QED) is 0.755. The Morgan fingerprint density at radius 1 is 1.14 bits per heavy atom. The fourth-order valence-corrected chi connectivity index (χ4v) is 3.89. The lowest BCUT2D eigenvalue weighted by Gasteiger charge is -2.33. The van der Waals surface area contributed by atoms with E-state index < -0.39 is 10.0 Å². The molecule has 1 aliphatic rings. The zero-order valence-electron chi connectivity index (χ0n) is 12.3. The van der Waals surface area contributed by atoms with Crippen LogP contribution in [-0.4, -0.2) is 69.1 Å². The first-order chi connectivity index (χ1) is 10.1. The maximum Gasteiger partial charge on any atom is 0.243 e. The Hall–Kier alpha value is -0.990. The first kappa shape index (κ1) is 16.4. The molecular formula is C14H23N3O3S. The van der Waals surface area contributed by atoms with E-state index in [1.807, 2.05) is 19.2 Å². The molecule has 6 nitrogen and oxygen atoms in total. The average Bonchev–Trinajstić information content (AvgIpc) is 2.49. The Morgan fingerprint density at radius 2 is 1.76 bits per heavy atom. The van der Waals surface area contributed by atoms with Gasteiger partial charge in [-0.15, -0.1) is 0 Å². The molecule has 1 aromatic carbocycles. The van der Waals surface area contributed by atoms with E-state index in [1.54, 1.807) is 12.1 Å². The van der Waals surface area contributed by atoms with Crippen LogP contribution in [0, 0.1) is 0 Å². The summed E-state index contributed by atoms with van der Waals surface area (Å²) in [5.74, 6) is 0. The van der Waals surface area contributed by atoms with Crippen LogP contribution in [0.25, 0.3) is 0 Å². The van der Waals surface area contributed by atoms with Crippen LogP contribution in [-0.2, 0) is 16.6 Å². The molecule has 0 atom stereocenters. The average molecular weight is 313 g/mol. The van der Waals surface area contributed by atoms with Crippen molar-refractivity contribution in [2.24, 2.45) is 0 Å². The summed E-state index contributed by atoms with van der Waals surface area (Å²) in [5.41, 5.74) is 1.06. The summed E-state index contributed by atoms with van der Waals surface area (Å²) in [6.45, 7) is 3.71. The Morgan fingerprint density at radius 3 is 2.29 bits per heavy atom. The monoisotopic (exact) mass is 313 g/mol. The van der Waals surface area contributed by atoms with Crippen molar-refractivity contribution < 1.29 is 13.5 Å². The maximum absolute atomic E-state index is 12.6. The van der Waals surface area contributed by atoms with Crippen molar-refractivity contribution in [3.05, 3.63) is 29.8 Å². The topological polar surface area (TPSA) is 72.9 Å². The van der Waals surface area contributed by atoms with Gasteiger partial charge in [0.25, 0.3) is 0 Å².